The van der Waals surface area contributed by atoms with Gasteiger partial charge in [0.25, 0.3) is 0 Å². The van der Waals surface area contributed by atoms with Gasteiger partial charge < -0.3 is 0 Å². The molecule has 0 aromatic carbocycles. The molecule has 0 saturated heterocycles. The summed E-state index contributed by atoms with van der Waals surface area (Å²) in [5.41, 5.74) is 0.317. The molecule has 0 bridgehead atoms. The van der Waals surface area contributed by atoms with Gasteiger partial charge in [-0.1, -0.05) is 6.92 Å². The maximum atomic E-state index is 12.7. The minimum absolute atomic E-state index is 0.0745. The van der Waals surface area contributed by atoms with Crippen LogP contribution in [0.1, 0.15) is 27.2 Å². The van der Waals surface area contributed by atoms with Crippen molar-refractivity contribution in [2.24, 2.45) is 0 Å². The molecule has 0 radical (unpaired) electrons. The number of nitrogens with zero attached hydrogens (tertiary/aromatic N) is 1. The number of thiophene rings is 1. The minimum atomic E-state index is -0.425. The number of ketones is 1. The summed E-state index contributed by atoms with van der Waals surface area (Å²) < 4.78 is 12.7. The zero-order chi connectivity index (χ0) is 12.3. The number of pyridine rings is 1. The monoisotopic (exact) mass is 249 g/mol. The molecule has 0 aliphatic rings. The Labute approximate surface area is 103 Å². The summed E-state index contributed by atoms with van der Waals surface area (Å²) in [6.45, 7) is 2.08. The van der Waals surface area contributed by atoms with Gasteiger partial charge in [-0.25, -0.2) is 4.39 Å². The van der Waals surface area contributed by atoms with E-state index in [1.54, 1.807) is 11.3 Å². The number of Topliss-reactive ketones (excluding diaryl/α,β-unsaturated/α-hetero) is 1. The molecule has 0 saturated carbocycles. The molecule has 2 rings (SSSR count). The first-order valence-corrected chi connectivity index (χ1v) is 6.23. The van der Waals surface area contributed by atoms with Crippen LogP contribution in [0.2, 0.25) is 0 Å². The van der Waals surface area contributed by atoms with Crippen LogP contribution in [-0.2, 0) is 12.8 Å². The van der Waals surface area contributed by atoms with Crippen LogP contribution in [0.4, 0.5) is 4.39 Å². The molecule has 2 aromatic heterocycles. The van der Waals surface area contributed by atoms with Crippen molar-refractivity contribution in [1.29, 1.82) is 0 Å². The van der Waals surface area contributed by atoms with Gasteiger partial charge in [-0.3, -0.25) is 9.78 Å². The highest BCUT2D eigenvalue weighted by atomic mass is 32.1. The number of hydrogen-bond acceptors (Lipinski definition) is 3. The first-order valence-electron chi connectivity index (χ1n) is 5.41. The van der Waals surface area contributed by atoms with Gasteiger partial charge in [0.2, 0.25) is 0 Å². The Hall–Kier alpha value is -1.55. The summed E-state index contributed by atoms with van der Waals surface area (Å²) in [5.74, 6) is -0.500. The average molecular weight is 249 g/mol. The van der Waals surface area contributed by atoms with Crippen LogP contribution in [0.5, 0.6) is 0 Å². The molecule has 0 amide bonds. The van der Waals surface area contributed by atoms with Crippen LogP contribution < -0.4 is 0 Å². The second-order valence-electron chi connectivity index (χ2n) is 3.68. The van der Waals surface area contributed by atoms with Crippen molar-refractivity contribution in [3.63, 3.8) is 0 Å². The van der Waals surface area contributed by atoms with E-state index in [1.165, 1.54) is 17.0 Å². The molecule has 0 fully saturated rings. The fourth-order valence-electron chi connectivity index (χ4n) is 1.50. The Bertz CT molecular complexity index is 518. The van der Waals surface area contributed by atoms with Gasteiger partial charge >= 0.3 is 0 Å². The first-order chi connectivity index (χ1) is 8.19. The van der Waals surface area contributed by atoms with Crippen LogP contribution in [0.15, 0.2) is 30.5 Å². The molecule has 17 heavy (non-hydrogen) atoms. The van der Waals surface area contributed by atoms with E-state index in [1.807, 2.05) is 12.1 Å². The summed E-state index contributed by atoms with van der Waals surface area (Å²) >= 11 is 1.64. The second kappa shape index (κ2) is 5.19. The number of aryl methyl sites for hydroxylation is 1. The number of hydrogen-bond donors (Lipinski definition) is 0. The SMILES string of the molecule is CCc1ccc(CC(=O)c2ccc(F)cn2)s1. The fraction of sp³-hybridized carbons (Fsp3) is 0.231. The standard InChI is InChI=1S/C13H12FNOS/c1-2-10-4-5-11(17-10)7-13(16)12-6-3-9(14)8-15-12/h3-6,8H,2,7H2,1H3. The van der Waals surface area contributed by atoms with E-state index in [2.05, 4.69) is 11.9 Å². The predicted octanol–water partition coefficient (Wildman–Crippen LogP) is 3.27. The lowest BCUT2D eigenvalue weighted by Gasteiger charge is -1.97. The molecule has 2 aromatic rings. The third-order valence-electron chi connectivity index (χ3n) is 2.41. The number of rotatable bonds is 4. The number of carbonyl (C=O) groups excluding carboxylic acids is 1. The van der Waals surface area contributed by atoms with Crippen LogP contribution >= 0.6 is 11.3 Å². The Morgan fingerprint density at radius 1 is 1.29 bits per heavy atom. The lowest BCUT2D eigenvalue weighted by atomic mass is 10.2. The van der Waals surface area contributed by atoms with E-state index in [0.29, 0.717) is 12.1 Å². The van der Waals surface area contributed by atoms with Crippen molar-refractivity contribution in [1.82, 2.24) is 4.98 Å². The Kier molecular flexibility index (Phi) is 3.64. The first kappa shape index (κ1) is 11.9. The van der Waals surface area contributed by atoms with Gasteiger partial charge in [0, 0.05) is 16.2 Å². The zero-order valence-corrected chi connectivity index (χ0v) is 10.3. The normalized spacial score (nSPS) is 10.5. The highest BCUT2D eigenvalue weighted by Gasteiger charge is 2.10. The van der Waals surface area contributed by atoms with Crippen LogP contribution in [0, 0.1) is 5.82 Å². The Balaban J connectivity index is 2.08. The Morgan fingerprint density at radius 2 is 2.06 bits per heavy atom. The summed E-state index contributed by atoms with van der Waals surface area (Å²) in [6, 6.07) is 6.68. The van der Waals surface area contributed by atoms with E-state index < -0.39 is 5.82 Å². The van der Waals surface area contributed by atoms with Gasteiger partial charge in [-0.2, -0.15) is 0 Å². The summed E-state index contributed by atoms with van der Waals surface area (Å²) in [7, 11) is 0. The molecule has 4 heteroatoms. The topological polar surface area (TPSA) is 30.0 Å². The Morgan fingerprint density at radius 3 is 2.65 bits per heavy atom. The van der Waals surface area contributed by atoms with Crippen molar-refractivity contribution in [3.05, 3.63) is 51.7 Å². The van der Waals surface area contributed by atoms with Crippen molar-refractivity contribution < 1.29 is 9.18 Å². The van der Waals surface area contributed by atoms with Gasteiger partial charge in [-0.05, 0) is 30.7 Å². The summed E-state index contributed by atoms with van der Waals surface area (Å²) in [5, 5.41) is 0. The summed E-state index contributed by atoms with van der Waals surface area (Å²) in [6.07, 6.45) is 2.39. The van der Waals surface area contributed by atoms with Crippen molar-refractivity contribution in [2.75, 3.05) is 0 Å². The molecule has 0 atom stereocenters. The quantitative estimate of drug-likeness (QED) is 0.778. The highest BCUT2D eigenvalue weighted by Crippen LogP contribution is 2.18. The van der Waals surface area contributed by atoms with Crippen LogP contribution in [0.3, 0.4) is 0 Å². The molecule has 2 nitrogen and oxygen atoms in total. The van der Waals surface area contributed by atoms with Gasteiger partial charge in [0.05, 0.1) is 6.20 Å². The van der Waals surface area contributed by atoms with E-state index in [-0.39, 0.29) is 5.78 Å². The molecule has 0 aliphatic carbocycles. The lowest BCUT2D eigenvalue weighted by Crippen LogP contribution is -2.04. The maximum absolute atomic E-state index is 12.7. The number of aromatic nitrogens is 1. The third kappa shape index (κ3) is 2.97. The lowest BCUT2D eigenvalue weighted by molar-refractivity contribution is 0.0989. The fourth-order valence-corrected chi connectivity index (χ4v) is 2.45. The molecular formula is C13H12FNOS. The summed E-state index contributed by atoms with van der Waals surface area (Å²) in [4.78, 5) is 17.9. The maximum Gasteiger partial charge on any atom is 0.186 e. The van der Waals surface area contributed by atoms with E-state index in [4.69, 9.17) is 0 Å². The molecule has 2 heterocycles. The van der Waals surface area contributed by atoms with Gasteiger partial charge in [0.1, 0.15) is 11.5 Å². The van der Waals surface area contributed by atoms with Crippen molar-refractivity contribution in [2.45, 2.75) is 19.8 Å². The van der Waals surface area contributed by atoms with Gasteiger partial charge in [0.15, 0.2) is 5.78 Å². The van der Waals surface area contributed by atoms with Gasteiger partial charge in [-0.15, -0.1) is 11.3 Å². The smallest absolute Gasteiger partial charge is 0.186 e. The number of carbonyl (C=O) groups is 1. The van der Waals surface area contributed by atoms with E-state index in [9.17, 15) is 9.18 Å². The number of halogens is 1. The van der Waals surface area contributed by atoms with Crippen molar-refractivity contribution in [3.8, 4) is 0 Å². The molecule has 0 unspecified atom stereocenters. The van der Waals surface area contributed by atoms with Crippen LogP contribution in [-0.4, -0.2) is 10.8 Å². The molecule has 0 spiro atoms. The molecular weight excluding hydrogens is 237 g/mol. The second-order valence-corrected chi connectivity index (χ2v) is 4.94. The van der Waals surface area contributed by atoms with E-state index >= 15 is 0 Å². The van der Waals surface area contributed by atoms with E-state index in [0.717, 1.165) is 17.5 Å². The predicted molar refractivity (Wildman–Crippen MR) is 65.9 cm³/mol. The average Bonchev–Trinajstić information content (AvgIpc) is 2.77. The molecule has 0 N–H and O–H groups in total. The van der Waals surface area contributed by atoms with Crippen molar-refractivity contribution >= 4 is 17.1 Å². The minimum Gasteiger partial charge on any atom is -0.292 e. The highest BCUT2D eigenvalue weighted by molar-refractivity contribution is 7.12. The molecule has 88 valence electrons. The third-order valence-corrected chi connectivity index (χ3v) is 3.64. The zero-order valence-electron chi connectivity index (χ0n) is 9.44. The molecule has 0 aliphatic heterocycles. The van der Waals surface area contributed by atoms with Crippen LogP contribution in [0.25, 0.3) is 0 Å². The largest absolute Gasteiger partial charge is 0.292 e.